The second-order valence-corrected chi connectivity index (χ2v) is 9.21. The van der Waals surface area contributed by atoms with Gasteiger partial charge < -0.3 is 9.73 Å². The maximum absolute atomic E-state index is 12.5. The molecule has 1 atom stereocenters. The van der Waals surface area contributed by atoms with E-state index in [-0.39, 0.29) is 11.3 Å². The SMILES string of the molecule is CC(C)(C)c1ccc(C(=O)N[C@@H]([NH2+]Cc2ccco2)C(Cl)(Cl)Cl)cc1. The number of halogens is 3. The lowest BCUT2D eigenvalue weighted by Crippen LogP contribution is -2.95. The molecule has 136 valence electrons. The third-order valence-corrected chi connectivity index (χ3v) is 4.49. The van der Waals surface area contributed by atoms with E-state index >= 15 is 0 Å². The minimum absolute atomic E-state index is 0.0198. The summed E-state index contributed by atoms with van der Waals surface area (Å²) in [6, 6.07) is 11.0. The van der Waals surface area contributed by atoms with Crippen molar-refractivity contribution in [2.45, 2.75) is 42.7 Å². The molecule has 1 aromatic carbocycles. The average molecular weight is 405 g/mol. The van der Waals surface area contributed by atoms with Crippen LogP contribution >= 0.6 is 34.8 Å². The molecule has 0 radical (unpaired) electrons. The minimum atomic E-state index is -1.66. The van der Waals surface area contributed by atoms with Gasteiger partial charge in [0.25, 0.3) is 9.70 Å². The van der Waals surface area contributed by atoms with Gasteiger partial charge in [-0.25, -0.2) is 0 Å². The van der Waals surface area contributed by atoms with Crippen molar-refractivity contribution in [1.82, 2.24) is 5.32 Å². The molecule has 1 amide bonds. The summed E-state index contributed by atoms with van der Waals surface area (Å²) in [5.41, 5.74) is 1.68. The molecule has 0 aliphatic carbocycles. The lowest BCUT2D eigenvalue weighted by Gasteiger charge is -2.23. The summed E-state index contributed by atoms with van der Waals surface area (Å²) >= 11 is 18.0. The number of amides is 1. The second kappa shape index (κ2) is 8.00. The molecule has 2 rings (SSSR count). The molecule has 0 aliphatic rings. The van der Waals surface area contributed by atoms with Crippen molar-refractivity contribution >= 4 is 40.7 Å². The molecule has 3 N–H and O–H groups in total. The maximum atomic E-state index is 12.5. The summed E-state index contributed by atoms with van der Waals surface area (Å²) in [7, 11) is 0. The van der Waals surface area contributed by atoms with Crippen LogP contribution in [0.15, 0.2) is 47.1 Å². The molecule has 0 unspecified atom stereocenters. The van der Waals surface area contributed by atoms with Gasteiger partial charge in [0.05, 0.1) is 6.26 Å². The number of quaternary nitrogens is 1. The molecule has 0 saturated heterocycles. The number of nitrogens with one attached hydrogen (secondary N) is 1. The number of rotatable bonds is 5. The Labute approximate surface area is 162 Å². The lowest BCUT2D eigenvalue weighted by atomic mass is 9.87. The Kier molecular flexibility index (Phi) is 6.44. The van der Waals surface area contributed by atoms with E-state index in [9.17, 15) is 4.79 Å². The van der Waals surface area contributed by atoms with Crippen molar-refractivity contribution in [3.05, 3.63) is 59.5 Å². The fourth-order valence-corrected chi connectivity index (χ4v) is 2.71. The zero-order chi connectivity index (χ0) is 18.7. The molecule has 7 heteroatoms. The highest BCUT2D eigenvalue weighted by molar-refractivity contribution is 6.68. The van der Waals surface area contributed by atoms with Crippen molar-refractivity contribution < 1.29 is 14.5 Å². The summed E-state index contributed by atoms with van der Waals surface area (Å²) in [5, 5.41) is 4.48. The van der Waals surface area contributed by atoms with Crippen LogP contribution in [0, 0.1) is 0 Å². The monoisotopic (exact) mass is 403 g/mol. The number of hydrogen-bond acceptors (Lipinski definition) is 2. The van der Waals surface area contributed by atoms with Crippen molar-refractivity contribution in [1.29, 1.82) is 0 Å². The maximum Gasteiger partial charge on any atom is 0.262 e. The molecule has 4 nitrogen and oxygen atoms in total. The van der Waals surface area contributed by atoms with Crippen LogP contribution in [0.2, 0.25) is 0 Å². The van der Waals surface area contributed by atoms with Crippen molar-refractivity contribution in [2.24, 2.45) is 0 Å². The molecule has 0 bridgehead atoms. The predicted octanol–water partition coefficient (Wildman–Crippen LogP) is 3.77. The van der Waals surface area contributed by atoms with Crippen molar-refractivity contribution in [3.8, 4) is 0 Å². The van der Waals surface area contributed by atoms with E-state index in [0.717, 1.165) is 11.3 Å². The Balaban J connectivity index is 2.05. The Morgan fingerprint density at radius 3 is 2.28 bits per heavy atom. The molecule has 1 heterocycles. The van der Waals surface area contributed by atoms with Crippen LogP contribution in [0.5, 0.6) is 0 Å². The first-order valence-electron chi connectivity index (χ1n) is 7.91. The van der Waals surface area contributed by atoms with E-state index in [2.05, 4.69) is 26.1 Å². The van der Waals surface area contributed by atoms with Crippen molar-refractivity contribution in [3.63, 3.8) is 0 Å². The first-order chi connectivity index (χ1) is 11.6. The highest BCUT2D eigenvalue weighted by Gasteiger charge is 2.37. The van der Waals surface area contributed by atoms with Gasteiger partial charge in [-0.15, -0.1) is 0 Å². The van der Waals surface area contributed by atoms with E-state index in [0.29, 0.717) is 12.1 Å². The number of carbonyl (C=O) groups is 1. The molecule has 0 fully saturated rings. The van der Waals surface area contributed by atoms with Gasteiger partial charge in [0.2, 0.25) is 6.17 Å². The number of benzene rings is 1. The average Bonchev–Trinajstić information content (AvgIpc) is 3.02. The molecule has 0 spiro atoms. The molecule has 1 aromatic heterocycles. The van der Waals surface area contributed by atoms with Crippen LogP contribution in [-0.4, -0.2) is 15.9 Å². The quantitative estimate of drug-likeness (QED) is 0.589. The predicted molar refractivity (Wildman–Crippen MR) is 101 cm³/mol. The zero-order valence-electron chi connectivity index (χ0n) is 14.4. The number of furan rings is 1. The van der Waals surface area contributed by atoms with E-state index in [4.69, 9.17) is 39.2 Å². The molecule has 25 heavy (non-hydrogen) atoms. The van der Waals surface area contributed by atoms with Crippen LogP contribution in [0.25, 0.3) is 0 Å². The first-order valence-corrected chi connectivity index (χ1v) is 9.04. The molecule has 0 saturated carbocycles. The number of carbonyl (C=O) groups excluding carboxylic acids is 1. The highest BCUT2D eigenvalue weighted by Crippen LogP contribution is 2.28. The van der Waals surface area contributed by atoms with E-state index in [1.807, 2.05) is 18.2 Å². The standard InChI is InChI=1S/C18H21Cl3N2O2/c1-17(2,3)13-8-6-12(7-9-13)15(24)23-16(18(19,20)21)22-11-14-5-4-10-25-14/h4-10,16,22H,11H2,1-3H3,(H,23,24)/p+1/t16-/m1/s1. The van der Waals surface area contributed by atoms with Gasteiger partial charge >= 0.3 is 0 Å². The van der Waals surface area contributed by atoms with Gasteiger partial charge in [0.15, 0.2) is 5.76 Å². The Bertz CT molecular complexity index is 687. The van der Waals surface area contributed by atoms with Gasteiger partial charge in [-0.3, -0.25) is 10.1 Å². The van der Waals surface area contributed by atoms with Gasteiger partial charge in [0, 0.05) is 5.56 Å². The third kappa shape index (κ3) is 5.93. The summed E-state index contributed by atoms with van der Waals surface area (Å²) in [4.78, 5) is 12.5. The fourth-order valence-electron chi connectivity index (χ4n) is 2.28. The minimum Gasteiger partial charge on any atom is -0.463 e. The van der Waals surface area contributed by atoms with E-state index < -0.39 is 9.96 Å². The number of nitrogens with two attached hydrogens (primary N) is 1. The summed E-state index contributed by atoms with van der Waals surface area (Å²) in [6.07, 6.45) is 0.820. The Morgan fingerprint density at radius 2 is 1.80 bits per heavy atom. The van der Waals surface area contributed by atoms with Crippen LogP contribution in [0.1, 0.15) is 42.5 Å². The normalized spacial score (nSPS) is 13.5. The van der Waals surface area contributed by atoms with Gasteiger partial charge in [-0.1, -0.05) is 67.7 Å². The smallest absolute Gasteiger partial charge is 0.262 e. The van der Waals surface area contributed by atoms with Crippen LogP contribution in [-0.2, 0) is 12.0 Å². The van der Waals surface area contributed by atoms with Crippen LogP contribution in [0.4, 0.5) is 0 Å². The third-order valence-electron chi connectivity index (χ3n) is 3.79. The molecule has 2 aromatic rings. The highest BCUT2D eigenvalue weighted by atomic mass is 35.6. The topological polar surface area (TPSA) is 58.9 Å². The Hall–Kier alpha value is -1.20. The summed E-state index contributed by atoms with van der Waals surface area (Å²) in [5.74, 6) is 0.426. The lowest BCUT2D eigenvalue weighted by molar-refractivity contribution is -0.708. The molecular weight excluding hydrogens is 383 g/mol. The second-order valence-electron chi connectivity index (χ2n) is 6.84. The van der Waals surface area contributed by atoms with E-state index in [1.54, 1.807) is 29.8 Å². The van der Waals surface area contributed by atoms with Crippen LogP contribution < -0.4 is 10.6 Å². The van der Waals surface area contributed by atoms with Crippen molar-refractivity contribution in [2.75, 3.05) is 0 Å². The van der Waals surface area contributed by atoms with Gasteiger partial charge in [-0.2, -0.15) is 0 Å². The fraction of sp³-hybridized carbons (Fsp3) is 0.389. The number of alkyl halides is 3. The largest absolute Gasteiger partial charge is 0.463 e. The number of hydrogen-bond donors (Lipinski definition) is 2. The zero-order valence-corrected chi connectivity index (χ0v) is 16.6. The summed E-state index contributed by atoms with van der Waals surface area (Å²) in [6.45, 7) is 6.79. The van der Waals surface area contributed by atoms with Gasteiger partial charge in [-0.05, 0) is 35.2 Å². The first kappa shape index (κ1) is 20.1. The molecule has 0 aliphatic heterocycles. The van der Waals surface area contributed by atoms with E-state index in [1.165, 1.54) is 0 Å². The summed E-state index contributed by atoms with van der Waals surface area (Å²) < 4.78 is 3.60. The van der Waals surface area contributed by atoms with Gasteiger partial charge in [0.1, 0.15) is 6.54 Å². The Morgan fingerprint density at radius 1 is 1.16 bits per heavy atom. The molecular formula is C18H22Cl3N2O2+. The van der Waals surface area contributed by atoms with Crippen LogP contribution in [0.3, 0.4) is 0 Å².